The molecule has 1 heteroatoms. The Labute approximate surface area is 78.8 Å². The monoisotopic (exact) mass is 173 g/mol. The predicted molar refractivity (Wildman–Crippen MR) is 56.9 cm³/mol. The van der Waals surface area contributed by atoms with Gasteiger partial charge in [0.05, 0.1) is 0 Å². The van der Waals surface area contributed by atoms with Crippen molar-refractivity contribution in [3.8, 4) is 0 Å². The zero-order chi connectivity index (χ0) is 9.10. The molecule has 0 aliphatic heterocycles. The smallest absolute Gasteiger partial charge is 0.0456 e. The molecule has 0 bridgehead atoms. The molecule has 1 aromatic heterocycles. The highest BCUT2D eigenvalue weighted by Gasteiger charge is 2.00. The van der Waals surface area contributed by atoms with Crippen LogP contribution in [0.25, 0.3) is 10.9 Å². The lowest BCUT2D eigenvalue weighted by Crippen LogP contribution is -1.80. The minimum Gasteiger partial charge on any atom is -0.361 e. The highest BCUT2D eigenvalue weighted by atomic mass is 14.7. The van der Waals surface area contributed by atoms with Crippen LogP contribution in [0.2, 0.25) is 0 Å². The fraction of sp³-hybridized carbons (Fsp3) is 0.333. The SMILES string of the molecule is CCCCc1c[nH]c2ccccc12. The molecule has 13 heavy (non-hydrogen) atoms. The molecule has 2 aromatic rings. The molecule has 0 radical (unpaired) electrons. The van der Waals surface area contributed by atoms with E-state index in [1.807, 2.05) is 0 Å². The van der Waals surface area contributed by atoms with Crippen LogP contribution in [0.3, 0.4) is 0 Å². The number of aromatic amines is 1. The average molecular weight is 173 g/mol. The maximum atomic E-state index is 3.30. The summed E-state index contributed by atoms with van der Waals surface area (Å²) in [6.45, 7) is 2.23. The number of aromatic nitrogens is 1. The first-order valence-electron chi connectivity index (χ1n) is 4.97. The molecule has 0 saturated carbocycles. The zero-order valence-electron chi connectivity index (χ0n) is 8.01. The van der Waals surface area contributed by atoms with Gasteiger partial charge in [-0.1, -0.05) is 31.5 Å². The summed E-state index contributed by atoms with van der Waals surface area (Å²) in [5.74, 6) is 0. The van der Waals surface area contributed by atoms with E-state index in [4.69, 9.17) is 0 Å². The minimum absolute atomic E-state index is 1.19. The number of para-hydroxylation sites is 1. The van der Waals surface area contributed by atoms with Gasteiger partial charge < -0.3 is 4.98 Å². The van der Waals surface area contributed by atoms with Crippen LogP contribution < -0.4 is 0 Å². The Balaban J connectivity index is 2.35. The van der Waals surface area contributed by atoms with Gasteiger partial charge in [0.15, 0.2) is 0 Å². The number of benzene rings is 1. The third kappa shape index (κ3) is 1.59. The second-order valence-corrected chi connectivity index (χ2v) is 3.46. The van der Waals surface area contributed by atoms with Crippen LogP contribution in [-0.4, -0.2) is 4.98 Å². The van der Waals surface area contributed by atoms with Crippen molar-refractivity contribution in [1.82, 2.24) is 4.98 Å². The Kier molecular flexibility index (Phi) is 2.35. The molecular weight excluding hydrogens is 158 g/mol. The van der Waals surface area contributed by atoms with E-state index in [9.17, 15) is 0 Å². The van der Waals surface area contributed by atoms with E-state index in [1.165, 1.54) is 35.7 Å². The lowest BCUT2D eigenvalue weighted by atomic mass is 10.1. The zero-order valence-corrected chi connectivity index (χ0v) is 8.01. The molecule has 1 aromatic carbocycles. The first-order valence-corrected chi connectivity index (χ1v) is 4.97. The lowest BCUT2D eigenvalue weighted by Gasteiger charge is -1.95. The summed E-state index contributed by atoms with van der Waals surface area (Å²) < 4.78 is 0. The summed E-state index contributed by atoms with van der Waals surface area (Å²) in [6.07, 6.45) is 5.88. The number of nitrogens with one attached hydrogen (secondary N) is 1. The molecule has 0 spiro atoms. The number of rotatable bonds is 3. The number of hydrogen-bond acceptors (Lipinski definition) is 0. The molecule has 1 nitrogen and oxygen atoms in total. The van der Waals surface area contributed by atoms with Gasteiger partial charge >= 0.3 is 0 Å². The molecule has 0 atom stereocenters. The Morgan fingerprint density at radius 3 is 2.92 bits per heavy atom. The third-order valence-electron chi connectivity index (χ3n) is 2.47. The molecule has 0 unspecified atom stereocenters. The van der Waals surface area contributed by atoms with E-state index in [0.717, 1.165) is 0 Å². The van der Waals surface area contributed by atoms with Gasteiger partial charge in [-0.3, -0.25) is 0 Å². The van der Waals surface area contributed by atoms with Gasteiger partial charge in [-0.25, -0.2) is 0 Å². The third-order valence-corrected chi connectivity index (χ3v) is 2.47. The molecule has 0 aliphatic rings. The number of aryl methyl sites for hydroxylation is 1. The van der Waals surface area contributed by atoms with E-state index in [1.54, 1.807) is 0 Å². The number of unbranched alkanes of at least 4 members (excludes halogenated alkanes) is 1. The van der Waals surface area contributed by atoms with Crippen LogP contribution in [0.5, 0.6) is 0 Å². The Hall–Kier alpha value is -1.24. The van der Waals surface area contributed by atoms with Gasteiger partial charge in [0.2, 0.25) is 0 Å². The highest BCUT2D eigenvalue weighted by Crippen LogP contribution is 2.19. The van der Waals surface area contributed by atoms with Crippen LogP contribution in [0, 0.1) is 0 Å². The van der Waals surface area contributed by atoms with Crippen molar-refractivity contribution in [2.45, 2.75) is 26.2 Å². The van der Waals surface area contributed by atoms with Gasteiger partial charge in [-0.05, 0) is 24.5 Å². The average Bonchev–Trinajstić information content (AvgIpc) is 2.58. The summed E-state index contributed by atoms with van der Waals surface area (Å²) in [5, 5.41) is 1.39. The van der Waals surface area contributed by atoms with E-state index < -0.39 is 0 Å². The van der Waals surface area contributed by atoms with E-state index in [-0.39, 0.29) is 0 Å². The Morgan fingerprint density at radius 1 is 1.23 bits per heavy atom. The van der Waals surface area contributed by atoms with Crippen molar-refractivity contribution >= 4 is 10.9 Å². The summed E-state index contributed by atoms with van der Waals surface area (Å²) in [4.78, 5) is 3.30. The minimum atomic E-state index is 1.19. The molecular formula is C12H15N. The highest BCUT2D eigenvalue weighted by molar-refractivity contribution is 5.82. The quantitative estimate of drug-likeness (QED) is 0.731. The van der Waals surface area contributed by atoms with Crippen LogP contribution in [-0.2, 0) is 6.42 Å². The molecule has 0 saturated heterocycles. The maximum Gasteiger partial charge on any atom is 0.0456 e. The first-order chi connectivity index (χ1) is 6.42. The Morgan fingerprint density at radius 2 is 2.08 bits per heavy atom. The van der Waals surface area contributed by atoms with Crippen LogP contribution in [0.1, 0.15) is 25.3 Å². The van der Waals surface area contributed by atoms with Crippen LogP contribution >= 0.6 is 0 Å². The van der Waals surface area contributed by atoms with E-state index >= 15 is 0 Å². The van der Waals surface area contributed by atoms with Gasteiger partial charge in [-0.15, -0.1) is 0 Å². The molecule has 0 amide bonds. The normalized spacial score (nSPS) is 10.8. The van der Waals surface area contributed by atoms with Crippen molar-refractivity contribution in [3.63, 3.8) is 0 Å². The summed E-state index contributed by atoms with van der Waals surface area (Å²) in [5.41, 5.74) is 2.71. The van der Waals surface area contributed by atoms with Crippen LogP contribution in [0.4, 0.5) is 0 Å². The van der Waals surface area contributed by atoms with Gasteiger partial charge in [0.1, 0.15) is 0 Å². The van der Waals surface area contributed by atoms with Gasteiger partial charge in [0, 0.05) is 17.1 Å². The number of H-pyrrole nitrogens is 1. The largest absolute Gasteiger partial charge is 0.361 e. The second kappa shape index (κ2) is 3.65. The first kappa shape index (κ1) is 8.36. The van der Waals surface area contributed by atoms with Crippen molar-refractivity contribution in [2.75, 3.05) is 0 Å². The van der Waals surface area contributed by atoms with Crippen LogP contribution in [0.15, 0.2) is 30.5 Å². The van der Waals surface area contributed by atoms with E-state index in [0.29, 0.717) is 0 Å². The lowest BCUT2D eigenvalue weighted by molar-refractivity contribution is 0.799. The summed E-state index contributed by atoms with van der Waals surface area (Å²) >= 11 is 0. The van der Waals surface area contributed by atoms with Gasteiger partial charge in [-0.2, -0.15) is 0 Å². The molecule has 2 rings (SSSR count). The van der Waals surface area contributed by atoms with Gasteiger partial charge in [0.25, 0.3) is 0 Å². The number of fused-ring (bicyclic) bond motifs is 1. The molecule has 1 heterocycles. The fourth-order valence-corrected chi connectivity index (χ4v) is 1.71. The molecule has 1 N–H and O–H groups in total. The van der Waals surface area contributed by atoms with Crippen molar-refractivity contribution in [3.05, 3.63) is 36.0 Å². The molecule has 68 valence electrons. The van der Waals surface area contributed by atoms with Crippen molar-refractivity contribution < 1.29 is 0 Å². The topological polar surface area (TPSA) is 15.8 Å². The van der Waals surface area contributed by atoms with Crippen molar-refractivity contribution in [2.24, 2.45) is 0 Å². The fourth-order valence-electron chi connectivity index (χ4n) is 1.71. The molecule has 0 fully saturated rings. The number of hydrogen-bond donors (Lipinski definition) is 1. The predicted octanol–water partition coefficient (Wildman–Crippen LogP) is 3.51. The summed E-state index contributed by atoms with van der Waals surface area (Å²) in [7, 11) is 0. The van der Waals surface area contributed by atoms with E-state index in [2.05, 4.69) is 42.4 Å². The second-order valence-electron chi connectivity index (χ2n) is 3.46. The maximum absolute atomic E-state index is 3.30. The summed E-state index contributed by atoms with van der Waals surface area (Å²) in [6, 6.07) is 8.50. The standard InChI is InChI=1S/C12H15N/c1-2-3-6-10-9-13-12-8-5-4-7-11(10)12/h4-5,7-9,13H,2-3,6H2,1H3. The van der Waals surface area contributed by atoms with Crippen molar-refractivity contribution in [1.29, 1.82) is 0 Å². The Bertz CT molecular complexity index is 387. The molecule has 0 aliphatic carbocycles.